The summed E-state index contributed by atoms with van der Waals surface area (Å²) >= 11 is 11.7. The maximum atomic E-state index is 11.3. The molecule has 0 bridgehead atoms. The molecule has 2 aromatic rings. The lowest BCUT2D eigenvalue weighted by atomic mass is 10.3. The van der Waals surface area contributed by atoms with Crippen molar-refractivity contribution < 1.29 is 0 Å². The molecule has 2 N–H and O–H groups in total. The summed E-state index contributed by atoms with van der Waals surface area (Å²) in [4.78, 5) is 22.6. The van der Waals surface area contributed by atoms with Crippen LogP contribution in [0.5, 0.6) is 0 Å². The summed E-state index contributed by atoms with van der Waals surface area (Å²) in [7, 11) is 0. The van der Waals surface area contributed by atoms with Gasteiger partial charge in [0.15, 0.2) is 0 Å². The third-order valence-corrected chi connectivity index (χ3v) is 2.45. The number of halogens is 2. The van der Waals surface area contributed by atoms with Gasteiger partial charge in [-0.05, 0) is 12.1 Å². The molecule has 0 aliphatic heterocycles. The molecule has 0 aliphatic carbocycles. The Morgan fingerprint density at radius 1 is 1.00 bits per heavy atom. The summed E-state index contributed by atoms with van der Waals surface area (Å²) < 4.78 is 0.838. The van der Waals surface area contributed by atoms with Crippen LogP contribution in [0, 0.1) is 0 Å². The smallest absolute Gasteiger partial charge is 0.247 e. The second kappa shape index (κ2) is 3.60. The standard InChI is InChI=1S/C8H5Cl2N3O2/c9-4-2-1-3-5(10)6(4)13-7(14)11-12-8(13)15/h1-3H,(H,11,14)(H,12,15). The molecule has 0 saturated heterocycles. The molecule has 7 heteroatoms. The normalized spacial score (nSPS) is 10.5. The lowest BCUT2D eigenvalue weighted by Gasteiger charge is -2.04. The van der Waals surface area contributed by atoms with Gasteiger partial charge in [0.1, 0.15) is 0 Å². The zero-order chi connectivity index (χ0) is 11.0. The Labute approximate surface area is 93.2 Å². The predicted octanol–water partition coefficient (Wildman–Crippen LogP) is 1.16. The number of benzene rings is 1. The van der Waals surface area contributed by atoms with Crippen molar-refractivity contribution in [3.05, 3.63) is 49.2 Å². The molecule has 0 amide bonds. The monoisotopic (exact) mass is 245 g/mol. The molecule has 78 valence electrons. The van der Waals surface area contributed by atoms with Crippen molar-refractivity contribution in [1.82, 2.24) is 14.8 Å². The first kappa shape index (κ1) is 10.1. The fourth-order valence-electron chi connectivity index (χ4n) is 1.22. The van der Waals surface area contributed by atoms with Gasteiger partial charge >= 0.3 is 11.4 Å². The van der Waals surface area contributed by atoms with Gasteiger partial charge in [-0.2, -0.15) is 0 Å². The third-order valence-electron chi connectivity index (χ3n) is 1.84. The molecule has 1 heterocycles. The van der Waals surface area contributed by atoms with E-state index in [0.29, 0.717) is 0 Å². The highest BCUT2D eigenvalue weighted by Crippen LogP contribution is 2.25. The van der Waals surface area contributed by atoms with Gasteiger partial charge in [0.2, 0.25) is 0 Å². The first-order valence-corrected chi connectivity index (χ1v) is 4.71. The van der Waals surface area contributed by atoms with Gasteiger partial charge in [0, 0.05) is 0 Å². The lowest BCUT2D eigenvalue weighted by molar-refractivity contribution is 0.952. The van der Waals surface area contributed by atoms with E-state index in [2.05, 4.69) is 10.2 Å². The highest BCUT2D eigenvalue weighted by Gasteiger charge is 2.12. The number of aromatic nitrogens is 3. The zero-order valence-corrected chi connectivity index (χ0v) is 8.76. The Hall–Kier alpha value is -1.46. The van der Waals surface area contributed by atoms with Crippen LogP contribution in [-0.2, 0) is 0 Å². The molecule has 2 rings (SSSR count). The van der Waals surface area contributed by atoms with E-state index in [1.807, 2.05) is 0 Å². The fourth-order valence-corrected chi connectivity index (χ4v) is 1.78. The van der Waals surface area contributed by atoms with E-state index in [-0.39, 0.29) is 15.7 Å². The highest BCUT2D eigenvalue weighted by molar-refractivity contribution is 6.37. The minimum atomic E-state index is -0.616. The van der Waals surface area contributed by atoms with Crippen LogP contribution in [0.4, 0.5) is 0 Å². The van der Waals surface area contributed by atoms with E-state index in [9.17, 15) is 9.59 Å². The van der Waals surface area contributed by atoms with Crippen LogP contribution in [0.3, 0.4) is 0 Å². The Morgan fingerprint density at radius 3 is 1.93 bits per heavy atom. The van der Waals surface area contributed by atoms with E-state index in [1.54, 1.807) is 18.2 Å². The van der Waals surface area contributed by atoms with Crippen molar-refractivity contribution in [3.8, 4) is 5.69 Å². The Kier molecular flexibility index (Phi) is 2.42. The molecule has 0 atom stereocenters. The molecule has 0 unspecified atom stereocenters. The minimum Gasteiger partial charge on any atom is -0.247 e. The summed E-state index contributed by atoms with van der Waals surface area (Å²) in [6.45, 7) is 0. The van der Waals surface area contributed by atoms with E-state index in [4.69, 9.17) is 23.2 Å². The average molecular weight is 246 g/mol. The van der Waals surface area contributed by atoms with Crippen molar-refractivity contribution in [2.75, 3.05) is 0 Å². The summed E-state index contributed by atoms with van der Waals surface area (Å²) in [6.07, 6.45) is 0. The molecule has 5 nitrogen and oxygen atoms in total. The Balaban J connectivity index is 2.86. The molecule has 0 fully saturated rings. The van der Waals surface area contributed by atoms with Crippen LogP contribution in [0.15, 0.2) is 27.8 Å². The maximum Gasteiger partial charge on any atom is 0.349 e. The maximum absolute atomic E-state index is 11.3. The number of rotatable bonds is 1. The van der Waals surface area contributed by atoms with E-state index in [0.717, 1.165) is 4.57 Å². The third kappa shape index (κ3) is 1.60. The number of hydrogen-bond acceptors (Lipinski definition) is 2. The van der Waals surface area contributed by atoms with Crippen molar-refractivity contribution in [2.45, 2.75) is 0 Å². The molecule has 0 spiro atoms. The van der Waals surface area contributed by atoms with Gasteiger partial charge in [-0.1, -0.05) is 29.3 Å². The van der Waals surface area contributed by atoms with Crippen LogP contribution in [-0.4, -0.2) is 14.8 Å². The van der Waals surface area contributed by atoms with Gasteiger partial charge in [-0.25, -0.2) is 24.4 Å². The minimum absolute atomic E-state index is 0.174. The van der Waals surface area contributed by atoms with Crippen LogP contribution in [0.2, 0.25) is 10.0 Å². The zero-order valence-electron chi connectivity index (χ0n) is 7.25. The first-order chi connectivity index (χ1) is 7.11. The lowest BCUT2D eigenvalue weighted by Crippen LogP contribution is -2.25. The second-order valence-electron chi connectivity index (χ2n) is 2.77. The molecular weight excluding hydrogens is 241 g/mol. The number of hydrogen-bond donors (Lipinski definition) is 2. The summed E-state index contributed by atoms with van der Waals surface area (Å²) in [5, 5.41) is 4.75. The van der Waals surface area contributed by atoms with Crippen LogP contribution in [0.1, 0.15) is 0 Å². The van der Waals surface area contributed by atoms with Crippen molar-refractivity contribution >= 4 is 23.2 Å². The van der Waals surface area contributed by atoms with Crippen molar-refractivity contribution in [2.24, 2.45) is 0 Å². The Morgan fingerprint density at radius 2 is 1.47 bits per heavy atom. The quantitative estimate of drug-likeness (QED) is 0.792. The number of para-hydroxylation sites is 1. The summed E-state index contributed by atoms with van der Waals surface area (Å²) in [5.74, 6) is 0. The first-order valence-electron chi connectivity index (χ1n) is 3.95. The molecular formula is C8H5Cl2N3O2. The van der Waals surface area contributed by atoms with Crippen LogP contribution >= 0.6 is 23.2 Å². The largest absolute Gasteiger partial charge is 0.349 e. The predicted molar refractivity (Wildman–Crippen MR) is 57.0 cm³/mol. The van der Waals surface area contributed by atoms with Gasteiger partial charge < -0.3 is 0 Å². The van der Waals surface area contributed by atoms with Gasteiger partial charge in [-0.15, -0.1) is 0 Å². The van der Waals surface area contributed by atoms with E-state index < -0.39 is 11.4 Å². The second-order valence-corrected chi connectivity index (χ2v) is 3.58. The van der Waals surface area contributed by atoms with E-state index >= 15 is 0 Å². The molecule has 0 saturated carbocycles. The fraction of sp³-hybridized carbons (Fsp3) is 0. The highest BCUT2D eigenvalue weighted by atomic mass is 35.5. The van der Waals surface area contributed by atoms with Crippen molar-refractivity contribution in [3.63, 3.8) is 0 Å². The summed E-state index contributed by atoms with van der Waals surface area (Å²) in [5.41, 5.74) is -1.06. The average Bonchev–Trinajstić information content (AvgIpc) is 2.49. The van der Waals surface area contributed by atoms with Gasteiger partial charge in [-0.3, -0.25) is 0 Å². The van der Waals surface area contributed by atoms with Gasteiger partial charge in [0.05, 0.1) is 15.7 Å². The molecule has 0 radical (unpaired) electrons. The van der Waals surface area contributed by atoms with E-state index in [1.165, 1.54) is 0 Å². The van der Waals surface area contributed by atoms with Crippen molar-refractivity contribution in [1.29, 1.82) is 0 Å². The topological polar surface area (TPSA) is 70.7 Å². The number of aromatic amines is 2. The summed E-state index contributed by atoms with van der Waals surface area (Å²) in [6, 6.07) is 4.71. The number of nitrogens with zero attached hydrogens (tertiary/aromatic N) is 1. The van der Waals surface area contributed by atoms with Gasteiger partial charge in [0.25, 0.3) is 0 Å². The molecule has 1 aromatic heterocycles. The van der Waals surface area contributed by atoms with Crippen LogP contribution in [0.25, 0.3) is 5.69 Å². The number of H-pyrrole nitrogens is 2. The number of nitrogens with one attached hydrogen (secondary N) is 2. The molecule has 1 aromatic carbocycles. The SMILES string of the molecule is O=c1[nH][nH]c(=O)n1-c1c(Cl)cccc1Cl. The molecule has 15 heavy (non-hydrogen) atoms. The molecule has 0 aliphatic rings. The van der Waals surface area contributed by atoms with Crippen LogP contribution < -0.4 is 11.4 Å². The Bertz CT molecular complexity index is 563.